The van der Waals surface area contributed by atoms with Gasteiger partial charge in [0.05, 0.1) is 0 Å². The van der Waals surface area contributed by atoms with Crippen LogP contribution < -0.4 is 0 Å². The van der Waals surface area contributed by atoms with Crippen molar-refractivity contribution in [2.24, 2.45) is 17.8 Å². The van der Waals surface area contributed by atoms with Crippen LogP contribution >= 0.6 is 15.1 Å². The van der Waals surface area contributed by atoms with Crippen LogP contribution in [0.5, 0.6) is 0 Å². The molecule has 0 spiro atoms. The minimum absolute atomic E-state index is 0.00989. The Hall–Kier alpha value is 0.240. The van der Waals surface area contributed by atoms with E-state index < -0.39 is 7.14 Å². The van der Waals surface area contributed by atoms with E-state index in [1.54, 1.807) is 0 Å². The van der Waals surface area contributed by atoms with Crippen LogP contribution in [0.2, 0.25) is 0 Å². The standard InChI is InChI=1S/C21H42O2P2/c1-9-16(5)20(15-24-22)13-14-21(17(6)10-2)25(23,18(7)11-3)19(8)12-4/h16-21H,9-14H2,1-8H3. The molecule has 0 aromatic carbocycles. The summed E-state index contributed by atoms with van der Waals surface area (Å²) in [5, 5.41) is 0. The number of hydrogen-bond donors (Lipinski definition) is 0. The van der Waals surface area contributed by atoms with Gasteiger partial charge < -0.3 is 0 Å². The second kappa shape index (κ2) is 12.6. The van der Waals surface area contributed by atoms with Crippen LogP contribution in [0.4, 0.5) is 0 Å². The molecule has 0 aromatic heterocycles. The first-order valence-electron chi connectivity index (χ1n) is 10.4. The summed E-state index contributed by atoms with van der Waals surface area (Å²) >= 11 is 0. The SMILES string of the molecule is CCC(C)C(C#P=O)CCC(C(C)CC)P(=O)(C(C)CC)C(C)CC. The van der Waals surface area contributed by atoms with Gasteiger partial charge in [-0.2, -0.15) is 0 Å². The second-order valence-electron chi connectivity index (χ2n) is 8.02. The Kier molecular flexibility index (Phi) is 12.7. The van der Waals surface area contributed by atoms with Gasteiger partial charge in [-0.25, -0.2) is 0 Å². The Morgan fingerprint density at radius 1 is 0.800 bits per heavy atom. The summed E-state index contributed by atoms with van der Waals surface area (Å²) in [7, 11) is -2.30. The van der Waals surface area contributed by atoms with Gasteiger partial charge in [-0.1, -0.05) is 0 Å². The van der Waals surface area contributed by atoms with Crippen LogP contribution in [-0.4, -0.2) is 17.0 Å². The molecule has 2 nitrogen and oxygen atoms in total. The van der Waals surface area contributed by atoms with Crippen molar-refractivity contribution in [1.82, 2.24) is 0 Å². The summed E-state index contributed by atoms with van der Waals surface area (Å²) in [6, 6.07) is 0. The third-order valence-corrected chi connectivity index (χ3v) is 12.4. The molecule has 25 heavy (non-hydrogen) atoms. The maximum absolute atomic E-state index is 14.3. The first-order valence-corrected chi connectivity index (χ1v) is 13.1. The predicted octanol–water partition coefficient (Wildman–Crippen LogP) is 8.05. The van der Waals surface area contributed by atoms with Gasteiger partial charge in [0.2, 0.25) is 0 Å². The first-order chi connectivity index (χ1) is 11.7. The van der Waals surface area contributed by atoms with E-state index in [9.17, 15) is 9.13 Å². The van der Waals surface area contributed by atoms with Gasteiger partial charge in [-0.05, 0) is 0 Å². The Balaban J connectivity index is 5.69. The zero-order valence-corrected chi connectivity index (χ0v) is 19.7. The van der Waals surface area contributed by atoms with Crippen LogP contribution in [0.25, 0.3) is 0 Å². The Morgan fingerprint density at radius 2 is 1.28 bits per heavy atom. The molecule has 0 aliphatic carbocycles. The van der Waals surface area contributed by atoms with Gasteiger partial charge in [-0.3, -0.25) is 0 Å². The van der Waals surface area contributed by atoms with Gasteiger partial charge >= 0.3 is 158 Å². The monoisotopic (exact) mass is 388 g/mol. The molecular formula is C21H42O2P2. The zero-order valence-electron chi connectivity index (χ0n) is 17.9. The molecule has 6 unspecified atom stereocenters. The molecule has 0 aliphatic heterocycles. The number of rotatable bonds is 12. The summed E-state index contributed by atoms with van der Waals surface area (Å²) in [5.41, 5.74) is 3.96. The average Bonchev–Trinajstić information content (AvgIpc) is 2.64. The maximum atomic E-state index is 14.3. The van der Waals surface area contributed by atoms with Crippen molar-refractivity contribution in [3.05, 3.63) is 0 Å². The van der Waals surface area contributed by atoms with E-state index in [1.807, 2.05) is 0 Å². The van der Waals surface area contributed by atoms with E-state index in [4.69, 9.17) is 0 Å². The Bertz CT molecular complexity index is 497. The van der Waals surface area contributed by atoms with Crippen molar-refractivity contribution in [3.8, 4) is 5.63 Å². The van der Waals surface area contributed by atoms with Gasteiger partial charge in [0, 0.05) is 0 Å². The van der Waals surface area contributed by atoms with Crippen LogP contribution in [0.1, 0.15) is 93.9 Å². The molecule has 0 amide bonds. The van der Waals surface area contributed by atoms with E-state index >= 15 is 0 Å². The van der Waals surface area contributed by atoms with Crippen molar-refractivity contribution in [3.63, 3.8) is 0 Å². The van der Waals surface area contributed by atoms with Gasteiger partial charge in [0.25, 0.3) is 0 Å². The minimum atomic E-state index is -2.31. The predicted molar refractivity (Wildman–Crippen MR) is 114 cm³/mol. The van der Waals surface area contributed by atoms with Gasteiger partial charge in [-0.15, -0.1) is 0 Å². The molecule has 0 saturated carbocycles. The molecule has 4 heteroatoms. The number of hydrogen-bond acceptors (Lipinski definition) is 2. The third kappa shape index (κ3) is 6.72. The molecule has 148 valence electrons. The fraction of sp³-hybridized carbons (Fsp3) is 0.952. The van der Waals surface area contributed by atoms with Crippen molar-refractivity contribution < 1.29 is 9.13 Å². The molecule has 0 aromatic rings. The summed E-state index contributed by atoms with van der Waals surface area (Å²) in [4.78, 5) is 0. The molecule has 0 aliphatic rings. The zero-order chi connectivity index (χ0) is 19.6. The summed E-state index contributed by atoms with van der Waals surface area (Å²) < 4.78 is 25.4. The average molecular weight is 389 g/mol. The second-order valence-corrected chi connectivity index (χ2v) is 12.4. The molecule has 0 heterocycles. The molecule has 0 bridgehead atoms. The van der Waals surface area contributed by atoms with Crippen LogP contribution in [0, 0.1) is 23.4 Å². The summed E-state index contributed by atoms with van der Waals surface area (Å²) in [6.07, 6.45) is 6.04. The van der Waals surface area contributed by atoms with Crippen LogP contribution in [0.3, 0.4) is 0 Å². The van der Waals surface area contributed by atoms with Crippen molar-refractivity contribution in [2.45, 2.75) is 111 Å². The molecule has 0 fully saturated rings. The fourth-order valence-corrected chi connectivity index (χ4v) is 9.39. The quantitative estimate of drug-likeness (QED) is 0.317. The van der Waals surface area contributed by atoms with Crippen molar-refractivity contribution >= 4 is 15.1 Å². The fourth-order valence-electron chi connectivity index (χ4n) is 3.99. The normalized spacial score (nSPS) is 21.3. The third-order valence-electron chi connectivity index (χ3n) is 6.70. The van der Waals surface area contributed by atoms with E-state index in [0.29, 0.717) is 11.8 Å². The molecule has 0 saturated heterocycles. The van der Waals surface area contributed by atoms with Crippen molar-refractivity contribution in [2.75, 3.05) is 0 Å². The molecular weight excluding hydrogens is 346 g/mol. The Labute approximate surface area is 158 Å². The van der Waals surface area contributed by atoms with E-state index in [2.05, 4.69) is 61.0 Å². The van der Waals surface area contributed by atoms with E-state index in [1.165, 1.54) is 0 Å². The van der Waals surface area contributed by atoms with Crippen LogP contribution in [0.15, 0.2) is 0 Å². The van der Waals surface area contributed by atoms with E-state index in [-0.39, 0.29) is 30.8 Å². The Morgan fingerprint density at radius 3 is 1.64 bits per heavy atom. The molecule has 0 radical (unpaired) electrons. The van der Waals surface area contributed by atoms with Crippen molar-refractivity contribution in [1.29, 1.82) is 0 Å². The summed E-state index contributed by atoms with van der Waals surface area (Å²) in [5.74, 6) is 1.18. The topological polar surface area (TPSA) is 34.1 Å². The van der Waals surface area contributed by atoms with E-state index in [0.717, 1.165) is 38.5 Å². The van der Waals surface area contributed by atoms with Gasteiger partial charge in [0.15, 0.2) is 0 Å². The summed E-state index contributed by atoms with van der Waals surface area (Å²) in [6.45, 7) is 17.6. The van der Waals surface area contributed by atoms with Gasteiger partial charge in [0.1, 0.15) is 0 Å². The molecule has 0 N–H and O–H groups in total. The van der Waals surface area contributed by atoms with Crippen LogP contribution in [-0.2, 0) is 9.13 Å². The molecule has 0 rings (SSSR count). The first kappa shape index (κ1) is 25.2. The molecule has 6 atom stereocenters.